The standard InChI is InChI=1S/C11H24N2O2/c1-13(6-3-7-14-2)11(10-12)4-8-15-9-5-11/h3-10,12H2,1-2H3. The summed E-state index contributed by atoms with van der Waals surface area (Å²) in [5.74, 6) is 0. The molecule has 0 aromatic rings. The Hall–Kier alpha value is -0.160. The average Bonchev–Trinajstić information content (AvgIpc) is 2.30. The molecule has 0 bridgehead atoms. The highest BCUT2D eigenvalue weighted by atomic mass is 16.5. The zero-order valence-corrected chi connectivity index (χ0v) is 10.00. The van der Waals surface area contributed by atoms with Crippen LogP contribution in [0.2, 0.25) is 0 Å². The second-order valence-corrected chi connectivity index (χ2v) is 4.31. The van der Waals surface area contributed by atoms with E-state index in [1.807, 2.05) is 0 Å². The molecule has 2 N–H and O–H groups in total. The van der Waals surface area contributed by atoms with Crippen LogP contribution in [0, 0.1) is 0 Å². The summed E-state index contributed by atoms with van der Waals surface area (Å²) < 4.78 is 10.5. The lowest BCUT2D eigenvalue weighted by Crippen LogP contribution is -2.55. The van der Waals surface area contributed by atoms with Gasteiger partial charge in [-0.3, -0.25) is 4.90 Å². The van der Waals surface area contributed by atoms with Gasteiger partial charge in [0.05, 0.1) is 0 Å². The van der Waals surface area contributed by atoms with Gasteiger partial charge >= 0.3 is 0 Å². The highest BCUT2D eigenvalue weighted by Gasteiger charge is 2.34. The summed E-state index contributed by atoms with van der Waals surface area (Å²) in [5, 5.41) is 0. The van der Waals surface area contributed by atoms with Crippen LogP contribution in [-0.4, -0.2) is 57.5 Å². The van der Waals surface area contributed by atoms with Gasteiger partial charge in [0.1, 0.15) is 0 Å². The summed E-state index contributed by atoms with van der Waals surface area (Å²) in [7, 11) is 3.90. The SMILES string of the molecule is COCCCN(C)C1(CN)CCOCC1. The largest absolute Gasteiger partial charge is 0.385 e. The van der Waals surface area contributed by atoms with E-state index >= 15 is 0 Å². The van der Waals surface area contributed by atoms with Crippen LogP contribution in [0.3, 0.4) is 0 Å². The van der Waals surface area contributed by atoms with Gasteiger partial charge in [-0.2, -0.15) is 0 Å². The Morgan fingerprint density at radius 2 is 2.07 bits per heavy atom. The van der Waals surface area contributed by atoms with Crippen molar-refractivity contribution >= 4 is 0 Å². The van der Waals surface area contributed by atoms with E-state index in [4.69, 9.17) is 15.2 Å². The van der Waals surface area contributed by atoms with Gasteiger partial charge in [0.2, 0.25) is 0 Å². The molecule has 1 saturated heterocycles. The van der Waals surface area contributed by atoms with E-state index in [1.54, 1.807) is 7.11 Å². The molecular formula is C11H24N2O2. The number of methoxy groups -OCH3 is 1. The first-order valence-corrected chi connectivity index (χ1v) is 5.73. The van der Waals surface area contributed by atoms with E-state index in [1.165, 1.54) is 0 Å². The molecule has 90 valence electrons. The van der Waals surface area contributed by atoms with Crippen molar-refractivity contribution in [2.45, 2.75) is 24.8 Å². The molecule has 4 heteroatoms. The van der Waals surface area contributed by atoms with Crippen molar-refractivity contribution in [3.05, 3.63) is 0 Å². The maximum absolute atomic E-state index is 5.91. The fourth-order valence-corrected chi connectivity index (χ4v) is 2.18. The van der Waals surface area contributed by atoms with Gasteiger partial charge in [-0.15, -0.1) is 0 Å². The summed E-state index contributed by atoms with van der Waals surface area (Å²) in [6, 6.07) is 0. The third-order valence-electron chi connectivity index (χ3n) is 3.46. The first-order valence-electron chi connectivity index (χ1n) is 5.73. The van der Waals surface area contributed by atoms with E-state index in [-0.39, 0.29) is 5.54 Å². The molecule has 0 saturated carbocycles. The molecule has 0 aromatic carbocycles. The van der Waals surface area contributed by atoms with Crippen molar-refractivity contribution in [3.63, 3.8) is 0 Å². The number of hydrogen-bond donors (Lipinski definition) is 1. The summed E-state index contributed by atoms with van der Waals surface area (Å²) in [4.78, 5) is 2.38. The predicted octanol–water partition coefficient (Wildman–Crippen LogP) is 0.463. The quantitative estimate of drug-likeness (QED) is 0.655. The van der Waals surface area contributed by atoms with Crippen molar-refractivity contribution in [1.29, 1.82) is 0 Å². The topological polar surface area (TPSA) is 47.7 Å². The van der Waals surface area contributed by atoms with Crippen molar-refractivity contribution in [3.8, 4) is 0 Å². The van der Waals surface area contributed by atoms with Crippen LogP contribution >= 0.6 is 0 Å². The van der Waals surface area contributed by atoms with Gasteiger partial charge in [-0.1, -0.05) is 0 Å². The minimum atomic E-state index is 0.159. The molecule has 1 heterocycles. The highest BCUT2D eigenvalue weighted by Crippen LogP contribution is 2.25. The molecule has 0 unspecified atom stereocenters. The van der Waals surface area contributed by atoms with Gasteiger partial charge in [-0.25, -0.2) is 0 Å². The lowest BCUT2D eigenvalue weighted by molar-refractivity contribution is -0.0151. The molecule has 1 fully saturated rings. The maximum atomic E-state index is 5.91. The van der Waals surface area contributed by atoms with E-state index < -0.39 is 0 Å². The van der Waals surface area contributed by atoms with Crippen LogP contribution in [-0.2, 0) is 9.47 Å². The van der Waals surface area contributed by atoms with Crippen LogP contribution in [0.5, 0.6) is 0 Å². The van der Waals surface area contributed by atoms with Gasteiger partial charge in [-0.05, 0) is 26.3 Å². The highest BCUT2D eigenvalue weighted by molar-refractivity contribution is 4.92. The number of ether oxygens (including phenoxy) is 2. The number of rotatable bonds is 6. The van der Waals surface area contributed by atoms with E-state index in [9.17, 15) is 0 Å². The molecule has 0 spiro atoms. The second-order valence-electron chi connectivity index (χ2n) is 4.31. The first-order chi connectivity index (χ1) is 7.25. The summed E-state index contributed by atoms with van der Waals surface area (Å²) in [6.45, 7) is 4.27. The summed E-state index contributed by atoms with van der Waals surface area (Å²) in [5.41, 5.74) is 6.07. The van der Waals surface area contributed by atoms with Crippen LogP contribution in [0.15, 0.2) is 0 Å². The monoisotopic (exact) mass is 216 g/mol. The Kier molecular flexibility index (Phi) is 5.53. The van der Waals surface area contributed by atoms with Crippen LogP contribution in [0.1, 0.15) is 19.3 Å². The Morgan fingerprint density at radius 1 is 1.40 bits per heavy atom. The van der Waals surface area contributed by atoms with Gasteiger partial charge in [0.25, 0.3) is 0 Å². The predicted molar refractivity (Wildman–Crippen MR) is 61.0 cm³/mol. The zero-order chi connectivity index (χ0) is 11.1. The molecule has 4 nitrogen and oxygen atoms in total. The summed E-state index contributed by atoms with van der Waals surface area (Å²) >= 11 is 0. The van der Waals surface area contributed by atoms with E-state index in [2.05, 4.69) is 11.9 Å². The van der Waals surface area contributed by atoms with Crippen molar-refractivity contribution in [2.75, 3.05) is 47.1 Å². The molecule has 15 heavy (non-hydrogen) atoms. The Balaban J connectivity index is 2.40. The second kappa shape index (κ2) is 6.43. The third kappa shape index (κ3) is 3.41. The van der Waals surface area contributed by atoms with Crippen LogP contribution in [0.4, 0.5) is 0 Å². The molecule has 0 aromatic heterocycles. The fraction of sp³-hybridized carbons (Fsp3) is 1.00. The van der Waals surface area contributed by atoms with Gasteiger partial charge in [0.15, 0.2) is 0 Å². The molecule has 1 aliphatic rings. The lowest BCUT2D eigenvalue weighted by Gasteiger charge is -2.43. The number of nitrogens with two attached hydrogens (primary N) is 1. The lowest BCUT2D eigenvalue weighted by atomic mass is 9.88. The molecular weight excluding hydrogens is 192 g/mol. The smallest absolute Gasteiger partial charge is 0.0484 e. The van der Waals surface area contributed by atoms with E-state index in [0.29, 0.717) is 0 Å². The molecule has 0 atom stereocenters. The maximum Gasteiger partial charge on any atom is 0.0484 e. The number of likely N-dealkylation sites (N-methyl/N-ethyl adjacent to an activating group) is 1. The van der Waals surface area contributed by atoms with Gasteiger partial charge in [0, 0.05) is 45.6 Å². The van der Waals surface area contributed by atoms with Crippen LogP contribution < -0.4 is 5.73 Å². The number of hydrogen-bond acceptors (Lipinski definition) is 4. The summed E-state index contributed by atoms with van der Waals surface area (Å²) in [6.07, 6.45) is 3.16. The molecule has 1 rings (SSSR count). The average molecular weight is 216 g/mol. The zero-order valence-electron chi connectivity index (χ0n) is 10.00. The number of nitrogens with zero attached hydrogens (tertiary/aromatic N) is 1. The molecule has 1 aliphatic heterocycles. The van der Waals surface area contributed by atoms with Crippen molar-refractivity contribution in [1.82, 2.24) is 4.90 Å². The Bertz CT molecular complexity index is 170. The normalized spacial score (nSPS) is 20.8. The van der Waals surface area contributed by atoms with E-state index in [0.717, 1.165) is 52.2 Å². The molecule has 0 radical (unpaired) electrons. The van der Waals surface area contributed by atoms with Gasteiger partial charge < -0.3 is 15.2 Å². The third-order valence-corrected chi connectivity index (χ3v) is 3.46. The van der Waals surface area contributed by atoms with Crippen molar-refractivity contribution < 1.29 is 9.47 Å². The minimum absolute atomic E-state index is 0.159. The minimum Gasteiger partial charge on any atom is -0.385 e. The van der Waals surface area contributed by atoms with Crippen molar-refractivity contribution in [2.24, 2.45) is 5.73 Å². The molecule has 0 amide bonds. The molecule has 0 aliphatic carbocycles. The van der Waals surface area contributed by atoms with Crippen LogP contribution in [0.25, 0.3) is 0 Å². The Morgan fingerprint density at radius 3 is 2.60 bits per heavy atom. The Labute approximate surface area is 92.7 Å². The fourth-order valence-electron chi connectivity index (χ4n) is 2.18. The first kappa shape index (κ1) is 12.9.